The lowest BCUT2D eigenvalue weighted by Crippen LogP contribution is -2.26. The number of rotatable bonds is 4. The van der Waals surface area contributed by atoms with Gasteiger partial charge >= 0.3 is 0 Å². The van der Waals surface area contributed by atoms with E-state index >= 15 is 0 Å². The minimum absolute atomic E-state index is 0.0306. The average Bonchev–Trinajstić information content (AvgIpc) is 3.45. The van der Waals surface area contributed by atoms with Crippen LogP contribution in [0.2, 0.25) is 0 Å². The van der Waals surface area contributed by atoms with Crippen molar-refractivity contribution in [3.8, 4) is 11.4 Å². The molecule has 28 heavy (non-hydrogen) atoms. The van der Waals surface area contributed by atoms with Crippen molar-refractivity contribution in [2.45, 2.75) is 18.9 Å². The summed E-state index contributed by atoms with van der Waals surface area (Å²) >= 11 is 0. The lowest BCUT2D eigenvalue weighted by atomic mass is 10.2. The van der Waals surface area contributed by atoms with Gasteiger partial charge in [0.25, 0.3) is 11.5 Å². The van der Waals surface area contributed by atoms with Gasteiger partial charge in [0.2, 0.25) is 0 Å². The van der Waals surface area contributed by atoms with Gasteiger partial charge in [0.1, 0.15) is 11.2 Å². The molecule has 5 rings (SSSR count). The van der Waals surface area contributed by atoms with Gasteiger partial charge in [-0.2, -0.15) is 0 Å². The average molecular weight is 373 g/mol. The molecule has 0 spiro atoms. The van der Waals surface area contributed by atoms with Crippen molar-refractivity contribution < 1.29 is 4.79 Å². The standard InChI is InChI=1S/C19H15N7O2/c27-18(15-11-20-16-6-1-2-9-25(16)19(15)28)21-13-5-3-4-12(10-13)17-22-23-24-26(17)14-7-8-14/h1-6,9-11,14H,7-8H2,(H,21,27). The summed E-state index contributed by atoms with van der Waals surface area (Å²) in [6.45, 7) is 0. The van der Waals surface area contributed by atoms with Crippen LogP contribution in [0.4, 0.5) is 5.69 Å². The SMILES string of the molecule is O=C(Nc1cccc(-c2nnnn2C2CC2)c1)c1cnc2ccccn2c1=O. The van der Waals surface area contributed by atoms with Crippen molar-refractivity contribution in [1.82, 2.24) is 29.6 Å². The summed E-state index contributed by atoms with van der Waals surface area (Å²) in [6, 6.07) is 12.8. The first-order chi connectivity index (χ1) is 13.7. The summed E-state index contributed by atoms with van der Waals surface area (Å²) in [6.07, 6.45) is 5.00. The number of pyridine rings is 1. The van der Waals surface area contributed by atoms with Gasteiger partial charge in [-0.3, -0.25) is 14.0 Å². The van der Waals surface area contributed by atoms with E-state index in [1.165, 1.54) is 10.6 Å². The number of carbonyl (C=O) groups excluding carboxylic acids is 1. The summed E-state index contributed by atoms with van der Waals surface area (Å²) in [7, 11) is 0. The highest BCUT2D eigenvalue weighted by molar-refractivity contribution is 6.04. The molecule has 3 aromatic heterocycles. The van der Waals surface area contributed by atoms with E-state index in [0.29, 0.717) is 23.2 Å². The molecule has 1 aliphatic rings. The Kier molecular flexibility index (Phi) is 3.71. The van der Waals surface area contributed by atoms with Crippen LogP contribution in [0.15, 0.2) is 59.7 Å². The Labute approximate surface area is 158 Å². The van der Waals surface area contributed by atoms with Crippen LogP contribution in [-0.4, -0.2) is 35.5 Å². The smallest absolute Gasteiger partial charge is 0.270 e. The normalized spacial score (nSPS) is 13.6. The van der Waals surface area contributed by atoms with Crippen molar-refractivity contribution >= 4 is 17.2 Å². The van der Waals surface area contributed by atoms with Crippen molar-refractivity contribution in [2.75, 3.05) is 5.32 Å². The molecule has 9 heteroatoms. The fourth-order valence-electron chi connectivity index (χ4n) is 3.07. The molecule has 9 nitrogen and oxygen atoms in total. The van der Waals surface area contributed by atoms with Crippen molar-refractivity contribution in [3.05, 3.63) is 70.8 Å². The largest absolute Gasteiger partial charge is 0.322 e. The number of hydrogen-bond acceptors (Lipinski definition) is 6. The second kappa shape index (κ2) is 6.38. The Morgan fingerprint density at radius 2 is 2.04 bits per heavy atom. The molecule has 0 atom stereocenters. The zero-order chi connectivity index (χ0) is 19.1. The van der Waals surface area contributed by atoms with Gasteiger partial charge in [-0.25, -0.2) is 9.67 Å². The fourth-order valence-corrected chi connectivity index (χ4v) is 3.07. The molecule has 1 aliphatic carbocycles. The molecular formula is C19H15N7O2. The molecule has 138 valence electrons. The third-order valence-electron chi connectivity index (χ3n) is 4.62. The van der Waals surface area contributed by atoms with Gasteiger partial charge < -0.3 is 5.32 Å². The number of fused-ring (bicyclic) bond motifs is 1. The minimum Gasteiger partial charge on any atom is -0.322 e. The van der Waals surface area contributed by atoms with Gasteiger partial charge in [0.15, 0.2) is 5.82 Å². The molecule has 0 unspecified atom stereocenters. The number of nitrogens with zero attached hydrogens (tertiary/aromatic N) is 6. The lowest BCUT2D eigenvalue weighted by molar-refractivity contribution is 0.102. The zero-order valence-electron chi connectivity index (χ0n) is 14.7. The Morgan fingerprint density at radius 1 is 1.14 bits per heavy atom. The number of aromatic nitrogens is 6. The third-order valence-corrected chi connectivity index (χ3v) is 4.62. The maximum Gasteiger partial charge on any atom is 0.270 e. The number of amides is 1. The van der Waals surface area contributed by atoms with Crippen LogP contribution < -0.4 is 10.9 Å². The topological polar surface area (TPSA) is 107 Å². The molecule has 4 aromatic rings. The highest BCUT2D eigenvalue weighted by Crippen LogP contribution is 2.36. The Morgan fingerprint density at radius 3 is 2.89 bits per heavy atom. The predicted molar refractivity (Wildman–Crippen MR) is 101 cm³/mol. The number of anilines is 1. The van der Waals surface area contributed by atoms with E-state index in [4.69, 9.17) is 0 Å². The summed E-state index contributed by atoms with van der Waals surface area (Å²) < 4.78 is 3.15. The van der Waals surface area contributed by atoms with E-state index in [-0.39, 0.29) is 5.56 Å². The van der Waals surface area contributed by atoms with Crippen molar-refractivity contribution in [2.24, 2.45) is 0 Å². The lowest BCUT2D eigenvalue weighted by Gasteiger charge is -2.08. The second-order valence-corrected chi connectivity index (χ2v) is 6.62. The maximum atomic E-state index is 12.7. The van der Waals surface area contributed by atoms with Crippen LogP contribution in [0.25, 0.3) is 17.0 Å². The van der Waals surface area contributed by atoms with Crippen LogP contribution in [0.1, 0.15) is 29.2 Å². The van der Waals surface area contributed by atoms with E-state index in [9.17, 15) is 9.59 Å². The predicted octanol–water partition coefficient (Wildman–Crippen LogP) is 1.94. The molecule has 0 bridgehead atoms. The van der Waals surface area contributed by atoms with E-state index in [2.05, 4.69) is 25.8 Å². The van der Waals surface area contributed by atoms with Crippen LogP contribution in [0.3, 0.4) is 0 Å². The van der Waals surface area contributed by atoms with Crippen LogP contribution in [-0.2, 0) is 0 Å². The van der Waals surface area contributed by atoms with Gasteiger partial charge in [-0.05, 0) is 47.5 Å². The summed E-state index contributed by atoms with van der Waals surface area (Å²) in [5.74, 6) is 0.140. The van der Waals surface area contributed by atoms with Crippen molar-refractivity contribution in [1.29, 1.82) is 0 Å². The molecular weight excluding hydrogens is 358 g/mol. The summed E-state index contributed by atoms with van der Waals surface area (Å²) in [5.41, 5.74) is 1.38. The molecule has 1 amide bonds. The quantitative estimate of drug-likeness (QED) is 0.586. The first kappa shape index (κ1) is 16.3. The Balaban J connectivity index is 1.45. The minimum atomic E-state index is -0.519. The monoisotopic (exact) mass is 373 g/mol. The number of hydrogen-bond donors (Lipinski definition) is 1. The molecule has 0 aliphatic heterocycles. The Hall–Kier alpha value is -3.88. The molecule has 0 saturated heterocycles. The second-order valence-electron chi connectivity index (χ2n) is 6.62. The number of tetrazole rings is 1. The van der Waals surface area contributed by atoms with Crippen LogP contribution in [0, 0.1) is 0 Å². The Bertz CT molecular complexity index is 1260. The number of nitrogens with one attached hydrogen (secondary N) is 1. The van der Waals surface area contributed by atoms with E-state index in [1.54, 1.807) is 41.2 Å². The van der Waals surface area contributed by atoms with Crippen LogP contribution in [0.5, 0.6) is 0 Å². The number of carbonyl (C=O) groups is 1. The fraction of sp³-hybridized carbons (Fsp3) is 0.158. The molecule has 1 N–H and O–H groups in total. The molecule has 0 radical (unpaired) electrons. The van der Waals surface area contributed by atoms with Gasteiger partial charge in [-0.1, -0.05) is 18.2 Å². The maximum absolute atomic E-state index is 12.7. The highest BCUT2D eigenvalue weighted by Gasteiger charge is 2.28. The first-order valence-corrected chi connectivity index (χ1v) is 8.87. The number of benzene rings is 1. The van der Waals surface area contributed by atoms with Crippen molar-refractivity contribution in [3.63, 3.8) is 0 Å². The first-order valence-electron chi connectivity index (χ1n) is 8.87. The third kappa shape index (κ3) is 2.82. The van der Waals surface area contributed by atoms with Gasteiger partial charge in [0, 0.05) is 23.6 Å². The van der Waals surface area contributed by atoms with E-state index in [0.717, 1.165) is 18.4 Å². The molecule has 1 fully saturated rings. The van der Waals surface area contributed by atoms with E-state index in [1.807, 2.05) is 12.1 Å². The summed E-state index contributed by atoms with van der Waals surface area (Å²) in [5, 5.41) is 14.7. The van der Waals surface area contributed by atoms with Gasteiger partial charge in [-0.15, -0.1) is 5.10 Å². The van der Waals surface area contributed by atoms with Gasteiger partial charge in [0.05, 0.1) is 6.04 Å². The summed E-state index contributed by atoms with van der Waals surface area (Å²) in [4.78, 5) is 29.4. The zero-order valence-corrected chi connectivity index (χ0v) is 14.7. The molecule has 1 aromatic carbocycles. The van der Waals surface area contributed by atoms with Crippen LogP contribution >= 0.6 is 0 Å². The van der Waals surface area contributed by atoms with E-state index < -0.39 is 11.5 Å². The molecule has 1 saturated carbocycles. The highest BCUT2D eigenvalue weighted by atomic mass is 16.2. The molecule has 3 heterocycles.